The third kappa shape index (κ3) is 4.81. The quantitative estimate of drug-likeness (QED) is 0.707. The van der Waals surface area contributed by atoms with E-state index in [9.17, 15) is 4.39 Å². The first-order valence-electron chi connectivity index (χ1n) is 5.40. The Morgan fingerprint density at radius 3 is 2.88 bits per heavy atom. The standard InChI is InChI=1S/C12H15FN2O2/c13-12-8-11(3-2-10(12)9-14)15-4-1-6-17-7-5-16/h2-3,8,15-16H,1,4-7H2. The van der Waals surface area contributed by atoms with Crippen LogP contribution < -0.4 is 5.32 Å². The molecule has 0 heterocycles. The molecule has 17 heavy (non-hydrogen) atoms. The Labute approximate surface area is 99.6 Å². The molecule has 0 aliphatic carbocycles. The molecule has 0 aliphatic rings. The molecule has 1 rings (SSSR count). The Bertz CT molecular complexity index is 391. The highest BCUT2D eigenvalue weighted by molar-refractivity contribution is 5.47. The zero-order valence-electron chi connectivity index (χ0n) is 9.45. The van der Waals surface area contributed by atoms with Gasteiger partial charge in [-0.15, -0.1) is 0 Å². The molecule has 0 saturated carbocycles. The van der Waals surface area contributed by atoms with Gasteiger partial charge in [0.2, 0.25) is 0 Å². The van der Waals surface area contributed by atoms with Gasteiger partial charge >= 0.3 is 0 Å². The fourth-order valence-corrected chi connectivity index (χ4v) is 1.29. The molecule has 0 fully saturated rings. The van der Waals surface area contributed by atoms with E-state index < -0.39 is 5.82 Å². The Morgan fingerprint density at radius 2 is 2.24 bits per heavy atom. The van der Waals surface area contributed by atoms with Gasteiger partial charge in [-0.05, 0) is 24.6 Å². The van der Waals surface area contributed by atoms with Crippen molar-refractivity contribution in [2.45, 2.75) is 6.42 Å². The first-order chi connectivity index (χ1) is 8.27. The Hall–Kier alpha value is -1.64. The summed E-state index contributed by atoms with van der Waals surface area (Å²) in [6.45, 7) is 1.56. The van der Waals surface area contributed by atoms with Crippen LogP contribution >= 0.6 is 0 Å². The summed E-state index contributed by atoms with van der Waals surface area (Å²) in [5, 5.41) is 20.1. The van der Waals surface area contributed by atoms with Crippen molar-refractivity contribution in [3.63, 3.8) is 0 Å². The molecule has 4 nitrogen and oxygen atoms in total. The summed E-state index contributed by atoms with van der Waals surface area (Å²) in [7, 11) is 0. The lowest BCUT2D eigenvalue weighted by atomic mass is 10.2. The van der Waals surface area contributed by atoms with Crippen molar-refractivity contribution in [2.24, 2.45) is 0 Å². The molecule has 0 unspecified atom stereocenters. The molecule has 0 bridgehead atoms. The molecular weight excluding hydrogens is 223 g/mol. The fourth-order valence-electron chi connectivity index (χ4n) is 1.29. The topological polar surface area (TPSA) is 65.3 Å². The number of nitriles is 1. The number of hydrogen-bond donors (Lipinski definition) is 2. The second-order valence-electron chi connectivity index (χ2n) is 3.42. The van der Waals surface area contributed by atoms with E-state index in [0.717, 1.165) is 6.42 Å². The molecule has 0 saturated heterocycles. The van der Waals surface area contributed by atoms with Gasteiger partial charge in [-0.25, -0.2) is 4.39 Å². The van der Waals surface area contributed by atoms with E-state index in [2.05, 4.69) is 5.32 Å². The number of hydrogen-bond acceptors (Lipinski definition) is 4. The van der Waals surface area contributed by atoms with Gasteiger partial charge in [-0.3, -0.25) is 0 Å². The summed E-state index contributed by atoms with van der Waals surface area (Å²) < 4.78 is 18.3. The van der Waals surface area contributed by atoms with Gasteiger partial charge in [0.1, 0.15) is 11.9 Å². The van der Waals surface area contributed by atoms with Gasteiger partial charge in [0, 0.05) is 18.8 Å². The molecule has 0 atom stereocenters. The van der Waals surface area contributed by atoms with E-state index in [1.807, 2.05) is 0 Å². The van der Waals surface area contributed by atoms with Crippen LogP contribution in [0.25, 0.3) is 0 Å². The van der Waals surface area contributed by atoms with Crippen LogP contribution in [0.5, 0.6) is 0 Å². The van der Waals surface area contributed by atoms with Crippen LogP contribution in [0.4, 0.5) is 10.1 Å². The number of rotatable bonds is 7. The molecular formula is C12H15FN2O2. The summed E-state index contributed by atoms with van der Waals surface area (Å²) in [6.07, 6.45) is 0.765. The smallest absolute Gasteiger partial charge is 0.143 e. The summed E-state index contributed by atoms with van der Waals surface area (Å²) >= 11 is 0. The minimum Gasteiger partial charge on any atom is -0.394 e. The van der Waals surface area contributed by atoms with Crippen molar-refractivity contribution < 1.29 is 14.2 Å². The number of ether oxygens (including phenoxy) is 1. The van der Waals surface area contributed by atoms with Crippen molar-refractivity contribution in [1.82, 2.24) is 0 Å². The molecule has 1 aromatic rings. The molecule has 92 valence electrons. The van der Waals surface area contributed by atoms with Crippen LogP contribution in [-0.2, 0) is 4.74 Å². The third-order valence-electron chi connectivity index (χ3n) is 2.12. The van der Waals surface area contributed by atoms with Gasteiger partial charge in [0.25, 0.3) is 0 Å². The predicted molar refractivity (Wildman–Crippen MR) is 62.1 cm³/mol. The molecule has 0 spiro atoms. The average molecular weight is 238 g/mol. The highest BCUT2D eigenvalue weighted by Crippen LogP contribution is 2.13. The predicted octanol–water partition coefficient (Wildman–Crippen LogP) is 1.51. The SMILES string of the molecule is N#Cc1ccc(NCCCOCCO)cc1F. The van der Waals surface area contributed by atoms with Crippen molar-refractivity contribution in [2.75, 3.05) is 31.7 Å². The van der Waals surface area contributed by atoms with E-state index in [1.165, 1.54) is 12.1 Å². The normalized spacial score (nSPS) is 9.94. The van der Waals surface area contributed by atoms with Crippen molar-refractivity contribution in [3.05, 3.63) is 29.6 Å². The zero-order valence-corrected chi connectivity index (χ0v) is 9.45. The van der Waals surface area contributed by atoms with E-state index in [1.54, 1.807) is 12.1 Å². The maximum absolute atomic E-state index is 13.2. The van der Waals surface area contributed by atoms with Crippen molar-refractivity contribution >= 4 is 5.69 Å². The lowest BCUT2D eigenvalue weighted by Crippen LogP contribution is -2.07. The molecule has 0 radical (unpaired) electrons. The maximum Gasteiger partial charge on any atom is 0.143 e. The monoisotopic (exact) mass is 238 g/mol. The number of aliphatic hydroxyl groups excluding tert-OH is 1. The zero-order chi connectivity index (χ0) is 12.5. The van der Waals surface area contributed by atoms with Gasteiger partial charge in [-0.1, -0.05) is 0 Å². The molecule has 0 aliphatic heterocycles. The van der Waals surface area contributed by atoms with E-state index in [-0.39, 0.29) is 12.2 Å². The van der Waals surface area contributed by atoms with Gasteiger partial charge in [0.05, 0.1) is 18.8 Å². The maximum atomic E-state index is 13.2. The molecule has 2 N–H and O–H groups in total. The summed E-state index contributed by atoms with van der Waals surface area (Å²) in [5.41, 5.74) is 0.686. The van der Waals surface area contributed by atoms with Crippen LogP contribution in [0.1, 0.15) is 12.0 Å². The highest BCUT2D eigenvalue weighted by atomic mass is 19.1. The van der Waals surface area contributed by atoms with E-state index >= 15 is 0 Å². The van der Waals surface area contributed by atoms with E-state index in [4.69, 9.17) is 15.1 Å². The lowest BCUT2D eigenvalue weighted by Gasteiger charge is -2.07. The van der Waals surface area contributed by atoms with Crippen LogP contribution in [-0.4, -0.2) is 31.5 Å². The third-order valence-corrected chi connectivity index (χ3v) is 2.12. The van der Waals surface area contributed by atoms with Gasteiger partial charge < -0.3 is 15.2 Å². The second kappa shape index (κ2) is 7.60. The molecule has 0 amide bonds. The van der Waals surface area contributed by atoms with Gasteiger partial charge in [0.15, 0.2) is 0 Å². The van der Waals surface area contributed by atoms with Gasteiger partial charge in [-0.2, -0.15) is 5.26 Å². The first kappa shape index (κ1) is 13.4. The molecule has 0 aromatic heterocycles. The minimum absolute atomic E-state index is 0.0221. The lowest BCUT2D eigenvalue weighted by molar-refractivity contribution is 0.0922. The first-order valence-corrected chi connectivity index (χ1v) is 5.40. The average Bonchev–Trinajstić information content (AvgIpc) is 2.34. The number of nitrogens with one attached hydrogen (secondary N) is 1. The van der Waals surface area contributed by atoms with Crippen LogP contribution in [0.2, 0.25) is 0 Å². The Morgan fingerprint density at radius 1 is 1.41 bits per heavy atom. The summed E-state index contributed by atoms with van der Waals surface area (Å²) in [4.78, 5) is 0. The number of benzene rings is 1. The number of halogens is 1. The number of anilines is 1. The van der Waals surface area contributed by atoms with Crippen molar-refractivity contribution in [1.29, 1.82) is 5.26 Å². The Kier molecular flexibility index (Phi) is 6.00. The van der Waals surface area contributed by atoms with Crippen LogP contribution in [0, 0.1) is 17.1 Å². The second-order valence-corrected chi connectivity index (χ2v) is 3.42. The van der Waals surface area contributed by atoms with Crippen molar-refractivity contribution in [3.8, 4) is 6.07 Å². The largest absolute Gasteiger partial charge is 0.394 e. The minimum atomic E-state index is -0.519. The number of nitrogens with zero attached hydrogens (tertiary/aromatic N) is 1. The highest BCUT2D eigenvalue weighted by Gasteiger charge is 2.01. The number of aliphatic hydroxyl groups is 1. The fraction of sp³-hybridized carbons (Fsp3) is 0.417. The molecule has 1 aromatic carbocycles. The van der Waals surface area contributed by atoms with Crippen LogP contribution in [0.3, 0.4) is 0 Å². The molecule has 5 heteroatoms. The summed E-state index contributed by atoms with van der Waals surface area (Å²) in [6, 6.07) is 6.17. The van der Waals surface area contributed by atoms with E-state index in [0.29, 0.717) is 25.4 Å². The summed E-state index contributed by atoms with van der Waals surface area (Å²) in [5.74, 6) is -0.519. The Balaban J connectivity index is 2.28. The van der Waals surface area contributed by atoms with Crippen LogP contribution in [0.15, 0.2) is 18.2 Å².